The minimum atomic E-state index is 0.562. The Labute approximate surface area is 132 Å². The van der Waals surface area contributed by atoms with Crippen LogP contribution in [0.5, 0.6) is 5.75 Å². The summed E-state index contributed by atoms with van der Waals surface area (Å²) in [6, 6.07) is 9.28. The molecule has 0 bridgehead atoms. The number of anilines is 1. The van der Waals surface area contributed by atoms with Gasteiger partial charge in [-0.3, -0.25) is 0 Å². The molecule has 2 aromatic rings. The Hall–Kier alpha value is -1.09. The molecule has 1 N–H and O–H groups in total. The fourth-order valence-corrected chi connectivity index (χ4v) is 3.12. The second-order valence-electron chi connectivity index (χ2n) is 4.60. The van der Waals surface area contributed by atoms with Gasteiger partial charge in [0.05, 0.1) is 22.3 Å². The average Bonchev–Trinajstić information content (AvgIpc) is 2.86. The van der Waals surface area contributed by atoms with E-state index >= 15 is 0 Å². The van der Waals surface area contributed by atoms with Gasteiger partial charge in [0.15, 0.2) is 0 Å². The standard InChI is InChI=1S/C15H12Cl3NO/c16-11-6-9-4-5-20-15(9)10(7-11)8-19-14-12(17)2-1-3-13(14)18/h1-3,6-7,19H,4-5,8H2. The smallest absolute Gasteiger partial charge is 0.127 e. The number of hydrogen-bond donors (Lipinski definition) is 1. The maximum atomic E-state index is 6.14. The molecule has 0 saturated carbocycles. The van der Waals surface area contributed by atoms with E-state index < -0.39 is 0 Å². The fraction of sp³-hybridized carbons (Fsp3) is 0.200. The van der Waals surface area contributed by atoms with Crippen molar-refractivity contribution in [2.24, 2.45) is 0 Å². The average molecular weight is 329 g/mol. The summed E-state index contributed by atoms with van der Waals surface area (Å²) in [4.78, 5) is 0. The third-order valence-electron chi connectivity index (χ3n) is 3.24. The first kappa shape index (κ1) is 13.9. The van der Waals surface area contributed by atoms with Crippen LogP contribution in [0.1, 0.15) is 11.1 Å². The van der Waals surface area contributed by atoms with Crippen LogP contribution >= 0.6 is 34.8 Å². The molecule has 3 rings (SSSR count). The van der Waals surface area contributed by atoms with Gasteiger partial charge in [-0.2, -0.15) is 0 Å². The molecule has 0 saturated heterocycles. The molecule has 1 aliphatic rings. The maximum absolute atomic E-state index is 6.14. The summed E-state index contributed by atoms with van der Waals surface area (Å²) in [5.74, 6) is 0.921. The summed E-state index contributed by atoms with van der Waals surface area (Å²) >= 11 is 18.4. The number of para-hydroxylation sites is 1. The van der Waals surface area contributed by atoms with Crippen molar-refractivity contribution in [2.45, 2.75) is 13.0 Å². The summed E-state index contributed by atoms with van der Waals surface area (Å²) in [5.41, 5.74) is 2.89. The molecule has 0 fully saturated rings. The van der Waals surface area contributed by atoms with Crippen LogP contribution < -0.4 is 10.1 Å². The lowest BCUT2D eigenvalue weighted by Crippen LogP contribution is -2.02. The van der Waals surface area contributed by atoms with E-state index in [1.807, 2.05) is 18.2 Å². The summed E-state index contributed by atoms with van der Waals surface area (Å²) in [6.07, 6.45) is 0.899. The molecule has 0 spiro atoms. The number of halogens is 3. The van der Waals surface area contributed by atoms with Gasteiger partial charge < -0.3 is 10.1 Å². The highest BCUT2D eigenvalue weighted by Crippen LogP contribution is 2.35. The number of fused-ring (bicyclic) bond motifs is 1. The summed E-state index contributed by atoms with van der Waals surface area (Å²) in [7, 11) is 0. The third-order valence-corrected chi connectivity index (χ3v) is 4.09. The van der Waals surface area contributed by atoms with Crippen LogP contribution in [0.4, 0.5) is 5.69 Å². The SMILES string of the molecule is Clc1cc2c(c(CNc3c(Cl)cccc3Cl)c1)OCC2. The fourth-order valence-electron chi connectivity index (χ4n) is 2.33. The molecule has 104 valence electrons. The first-order valence-electron chi connectivity index (χ1n) is 6.27. The van der Waals surface area contributed by atoms with Crippen molar-refractivity contribution in [3.05, 3.63) is 56.5 Å². The molecule has 1 aliphatic heterocycles. The molecular formula is C15H12Cl3NO. The Morgan fingerprint density at radius 1 is 1.10 bits per heavy atom. The highest BCUT2D eigenvalue weighted by molar-refractivity contribution is 6.39. The number of hydrogen-bond acceptors (Lipinski definition) is 2. The van der Waals surface area contributed by atoms with E-state index in [1.165, 1.54) is 0 Å². The van der Waals surface area contributed by atoms with Crippen LogP contribution in [-0.4, -0.2) is 6.61 Å². The van der Waals surface area contributed by atoms with Gasteiger partial charge in [-0.05, 0) is 29.8 Å². The number of nitrogens with one attached hydrogen (secondary N) is 1. The van der Waals surface area contributed by atoms with Crippen molar-refractivity contribution in [3.8, 4) is 5.75 Å². The molecule has 2 nitrogen and oxygen atoms in total. The van der Waals surface area contributed by atoms with E-state index in [9.17, 15) is 0 Å². The molecule has 5 heteroatoms. The highest BCUT2D eigenvalue weighted by atomic mass is 35.5. The monoisotopic (exact) mass is 327 g/mol. The van der Waals surface area contributed by atoms with Gasteiger partial charge in [0.1, 0.15) is 5.75 Å². The lowest BCUT2D eigenvalue weighted by atomic mass is 10.1. The molecular weight excluding hydrogens is 317 g/mol. The summed E-state index contributed by atoms with van der Waals surface area (Å²) in [5, 5.41) is 5.16. The molecule has 0 atom stereocenters. The Balaban J connectivity index is 1.86. The molecule has 0 radical (unpaired) electrons. The van der Waals surface area contributed by atoms with Crippen molar-refractivity contribution in [1.29, 1.82) is 0 Å². The van der Waals surface area contributed by atoms with Crippen LogP contribution in [-0.2, 0) is 13.0 Å². The second-order valence-corrected chi connectivity index (χ2v) is 5.85. The van der Waals surface area contributed by atoms with Crippen LogP contribution in [0.25, 0.3) is 0 Å². The Kier molecular flexibility index (Phi) is 3.97. The van der Waals surface area contributed by atoms with Crippen molar-refractivity contribution in [3.63, 3.8) is 0 Å². The van der Waals surface area contributed by atoms with Crippen LogP contribution in [0, 0.1) is 0 Å². The van der Waals surface area contributed by atoms with E-state index in [-0.39, 0.29) is 0 Å². The topological polar surface area (TPSA) is 21.3 Å². The Morgan fingerprint density at radius 2 is 1.85 bits per heavy atom. The highest BCUT2D eigenvalue weighted by Gasteiger charge is 2.17. The maximum Gasteiger partial charge on any atom is 0.127 e. The molecule has 1 heterocycles. The molecule has 20 heavy (non-hydrogen) atoms. The van der Waals surface area contributed by atoms with Gasteiger partial charge >= 0.3 is 0 Å². The van der Waals surface area contributed by atoms with Gasteiger partial charge in [0, 0.05) is 23.6 Å². The number of benzene rings is 2. The zero-order valence-electron chi connectivity index (χ0n) is 10.6. The minimum absolute atomic E-state index is 0.562. The van der Waals surface area contributed by atoms with Crippen molar-refractivity contribution < 1.29 is 4.74 Å². The van der Waals surface area contributed by atoms with E-state index in [0.717, 1.165) is 34.0 Å². The number of rotatable bonds is 3. The molecule has 0 aliphatic carbocycles. The van der Waals surface area contributed by atoms with Gasteiger partial charge in [-0.25, -0.2) is 0 Å². The second kappa shape index (κ2) is 5.72. The van der Waals surface area contributed by atoms with Crippen molar-refractivity contribution in [1.82, 2.24) is 0 Å². The first-order valence-corrected chi connectivity index (χ1v) is 7.40. The van der Waals surface area contributed by atoms with Gasteiger partial charge in [0.25, 0.3) is 0 Å². The summed E-state index contributed by atoms with van der Waals surface area (Å²) < 4.78 is 5.67. The van der Waals surface area contributed by atoms with E-state index in [4.69, 9.17) is 39.5 Å². The molecule has 0 unspecified atom stereocenters. The Morgan fingerprint density at radius 3 is 2.60 bits per heavy atom. The molecule has 0 amide bonds. The van der Waals surface area contributed by atoms with Gasteiger partial charge in [-0.1, -0.05) is 40.9 Å². The Bertz CT molecular complexity index is 638. The summed E-state index contributed by atoms with van der Waals surface area (Å²) in [6.45, 7) is 1.27. The minimum Gasteiger partial charge on any atom is -0.493 e. The van der Waals surface area contributed by atoms with Crippen LogP contribution in [0.15, 0.2) is 30.3 Å². The molecule has 0 aromatic heterocycles. The lowest BCUT2D eigenvalue weighted by Gasteiger charge is -2.13. The van der Waals surface area contributed by atoms with Crippen molar-refractivity contribution >= 4 is 40.5 Å². The largest absolute Gasteiger partial charge is 0.493 e. The van der Waals surface area contributed by atoms with Gasteiger partial charge in [-0.15, -0.1) is 0 Å². The van der Waals surface area contributed by atoms with Gasteiger partial charge in [0.2, 0.25) is 0 Å². The van der Waals surface area contributed by atoms with E-state index in [0.29, 0.717) is 23.2 Å². The molecule has 2 aromatic carbocycles. The normalized spacial score (nSPS) is 12.9. The predicted molar refractivity (Wildman–Crippen MR) is 84.4 cm³/mol. The number of ether oxygens (including phenoxy) is 1. The third kappa shape index (κ3) is 2.69. The zero-order chi connectivity index (χ0) is 14.1. The quantitative estimate of drug-likeness (QED) is 0.836. The van der Waals surface area contributed by atoms with E-state index in [2.05, 4.69) is 5.32 Å². The first-order chi connectivity index (χ1) is 9.65. The van der Waals surface area contributed by atoms with Crippen molar-refractivity contribution in [2.75, 3.05) is 11.9 Å². The van der Waals surface area contributed by atoms with Crippen LogP contribution in [0.3, 0.4) is 0 Å². The lowest BCUT2D eigenvalue weighted by molar-refractivity contribution is 0.354. The predicted octanol–water partition coefficient (Wildman–Crippen LogP) is 5.19. The van der Waals surface area contributed by atoms with E-state index in [1.54, 1.807) is 12.1 Å². The van der Waals surface area contributed by atoms with Crippen LogP contribution in [0.2, 0.25) is 15.1 Å². The zero-order valence-corrected chi connectivity index (χ0v) is 12.8.